The number of rotatable bonds is 9. The van der Waals surface area contributed by atoms with E-state index < -0.39 is 8.07 Å². The average Bonchev–Trinajstić information content (AvgIpc) is 3.29. The molecule has 0 N–H and O–H groups in total. The fourth-order valence-electron chi connectivity index (χ4n) is 12.8. The number of ether oxygens (including phenoxy) is 1. The molecule has 0 bridgehead atoms. The van der Waals surface area contributed by atoms with E-state index in [1.165, 1.54) is 76.3 Å². The predicted octanol–water partition coefficient (Wildman–Crippen LogP) is 16.5. The summed E-state index contributed by atoms with van der Waals surface area (Å²) in [5, 5.41) is 7.81. The molecule has 2 aliphatic heterocycles. The fraction of sp³-hybridized carbons (Fsp3) is 0.122. The van der Waals surface area contributed by atoms with Gasteiger partial charge >= 0.3 is 0 Å². The molecule has 0 saturated carbocycles. The number of pyridine rings is 1. The number of anilines is 4. The van der Waals surface area contributed by atoms with Crippen LogP contribution < -0.4 is 35.3 Å². The molecular weight excluding hydrogens is 989 g/mol. The second kappa shape index (κ2) is 19.0. The third-order valence-corrected chi connectivity index (χ3v) is 21.6. The van der Waals surface area contributed by atoms with Gasteiger partial charge in [-0.05, 0) is 132 Å². The first kappa shape index (κ1) is 49.1. The van der Waals surface area contributed by atoms with Crippen molar-refractivity contribution >= 4 is 73.4 Å². The van der Waals surface area contributed by atoms with Crippen LogP contribution in [-0.4, -0.2) is 24.3 Å². The molecule has 4 heterocycles. The maximum Gasteiger partial charge on any atom is 0.181 e. The predicted molar refractivity (Wildman–Crippen MR) is 338 cm³/mol. The summed E-state index contributed by atoms with van der Waals surface area (Å²) in [4.78, 5) is 10.2. The van der Waals surface area contributed by atoms with Crippen LogP contribution in [0.4, 0.5) is 22.7 Å². The van der Waals surface area contributed by atoms with Crippen molar-refractivity contribution < 1.29 is 4.74 Å². The van der Waals surface area contributed by atoms with E-state index in [-0.39, 0.29) is 10.8 Å². The number of hydrogen-bond donors (Lipinski definition) is 0. The second-order valence-corrected chi connectivity index (χ2v) is 27.3. The van der Waals surface area contributed by atoms with Crippen molar-refractivity contribution in [2.45, 2.75) is 52.4 Å². The summed E-state index contributed by atoms with van der Waals surface area (Å²) in [6.45, 7) is 14.4. The molecule has 0 unspecified atom stereocenters. The van der Waals surface area contributed by atoms with E-state index in [1.54, 1.807) is 0 Å². The van der Waals surface area contributed by atoms with E-state index in [0.29, 0.717) is 6.67 Å². The van der Waals surface area contributed by atoms with Crippen LogP contribution in [0.25, 0.3) is 61.0 Å². The highest BCUT2D eigenvalue weighted by molar-refractivity contribution is 7.22. The van der Waals surface area contributed by atoms with Gasteiger partial charge in [-0.3, -0.25) is 4.57 Å². The quantitative estimate of drug-likeness (QED) is 0.135. The molecule has 5 nitrogen and oxygen atoms in total. The molecule has 0 aliphatic carbocycles. The van der Waals surface area contributed by atoms with Crippen LogP contribution in [0.2, 0.25) is 0 Å². The van der Waals surface area contributed by atoms with Gasteiger partial charge in [0, 0.05) is 45.9 Å². The molecule has 0 radical (unpaired) electrons. The molecule has 0 spiro atoms. The molecule has 10 aromatic carbocycles. The molecule has 2 aromatic heterocycles. The van der Waals surface area contributed by atoms with Gasteiger partial charge in [0.05, 0.1) is 28.1 Å². The maximum atomic E-state index is 7.00. The Bertz CT molecular complexity index is 4230. The number of fused-ring (bicyclic) bond motifs is 7. The number of aromatic nitrogens is 2. The van der Waals surface area contributed by atoms with Gasteiger partial charge < -0.3 is 14.5 Å². The van der Waals surface area contributed by atoms with Crippen molar-refractivity contribution in [3.05, 3.63) is 266 Å². The van der Waals surface area contributed by atoms with Gasteiger partial charge in [0.1, 0.15) is 24.0 Å². The Kier molecular flexibility index (Phi) is 11.7. The molecule has 6 heteroatoms. The molecule has 0 atom stereocenters. The third kappa shape index (κ3) is 8.07. The molecule has 80 heavy (non-hydrogen) atoms. The van der Waals surface area contributed by atoms with Crippen LogP contribution >= 0.6 is 0 Å². The fourth-order valence-corrected chi connectivity index (χ4v) is 17.9. The highest BCUT2D eigenvalue weighted by atomic mass is 28.3. The number of para-hydroxylation sites is 3. The highest BCUT2D eigenvalue weighted by Gasteiger charge is 2.49. The zero-order valence-electron chi connectivity index (χ0n) is 46.2. The Morgan fingerprint density at radius 2 is 0.975 bits per heavy atom. The summed E-state index contributed by atoms with van der Waals surface area (Å²) in [7, 11) is -2.84. The minimum Gasteiger partial charge on any atom is -0.457 e. The summed E-state index contributed by atoms with van der Waals surface area (Å²) in [5.74, 6) is 2.39. The lowest BCUT2D eigenvalue weighted by atomic mass is 9.82. The van der Waals surface area contributed by atoms with Gasteiger partial charge in [-0.25, -0.2) is 4.98 Å². The summed E-state index contributed by atoms with van der Waals surface area (Å²) >= 11 is 0. The molecule has 12 aromatic rings. The normalized spacial score (nSPS) is 13.6. The van der Waals surface area contributed by atoms with Gasteiger partial charge in [0.15, 0.2) is 8.07 Å². The summed E-state index contributed by atoms with van der Waals surface area (Å²) < 4.78 is 9.33. The SMILES string of the molecule is CC(C)(C)c1ccc([Si]2(c3ccnc(-n4c5ccccc5c5ccc(Oc6cccc(N7CN(c8c(-c9ccccc9)cc(C(C)(C)C)cc8-c8ccccc8)c8ccccc87)c6)cc54)c3)c3ccccc3-c3ccccc32)cc1. The van der Waals surface area contributed by atoms with Crippen molar-refractivity contribution in [1.82, 2.24) is 9.55 Å². The Morgan fingerprint density at radius 3 is 1.62 bits per heavy atom. The molecule has 14 rings (SSSR count). The number of nitrogens with zero attached hydrogens (tertiary/aromatic N) is 4. The van der Waals surface area contributed by atoms with Gasteiger partial charge in [0.2, 0.25) is 0 Å². The zero-order valence-corrected chi connectivity index (χ0v) is 47.2. The Labute approximate surface area is 470 Å². The first-order chi connectivity index (χ1) is 38.9. The van der Waals surface area contributed by atoms with Gasteiger partial charge in [-0.1, -0.05) is 211 Å². The van der Waals surface area contributed by atoms with Crippen molar-refractivity contribution in [2.24, 2.45) is 0 Å². The minimum atomic E-state index is -2.84. The third-order valence-electron chi connectivity index (χ3n) is 16.7. The van der Waals surface area contributed by atoms with Crippen molar-refractivity contribution in [1.29, 1.82) is 0 Å². The molecule has 0 fully saturated rings. The van der Waals surface area contributed by atoms with E-state index in [0.717, 1.165) is 50.8 Å². The van der Waals surface area contributed by atoms with Crippen molar-refractivity contribution in [2.75, 3.05) is 16.5 Å². The molecule has 0 amide bonds. The molecule has 388 valence electrons. The molecule has 0 saturated heterocycles. The first-order valence-corrected chi connectivity index (χ1v) is 30.0. The smallest absolute Gasteiger partial charge is 0.181 e. The first-order valence-electron chi connectivity index (χ1n) is 28.0. The second-order valence-electron chi connectivity index (χ2n) is 23.6. The summed E-state index contributed by atoms with van der Waals surface area (Å²) in [6.07, 6.45) is 2.03. The lowest BCUT2D eigenvalue weighted by Crippen LogP contribution is -2.72. The standard InChI is InChI=1S/C74H62N4OSi/c1-73(2,3)52-36-39-57(40-37-52)80(69-34-19-14-29-61(69)62-30-15-20-35-70(62)80)58-42-43-75-71(48-58)78-65-31-16-13-28-59(65)60-41-38-56(47-68(60)78)79-55-27-21-26-54(46-55)76-49-77(67-33-18-17-32-66(67)76)72-63(50-22-9-7-10-23-50)44-53(74(4,5)6)45-64(72)51-24-11-8-12-25-51/h7-48H,49H2,1-6H3. The van der Waals surface area contributed by atoms with Crippen molar-refractivity contribution in [3.63, 3.8) is 0 Å². The average molecular weight is 1050 g/mol. The molecular formula is C74H62N4OSi. The van der Waals surface area contributed by atoms with Crippen LogP contribution in [0, 0.1) is 0 Å². The van der Waals surface area contributed by atoms with Gasteiger partial charge in [-0.15, -0.1) is 0 Å². The van der Waals surface area contributed by atoms with Crippen LogP contribution in [0.15, 0.2) is 255 Å². The van der Waals surface area contributed by atoms with E-state index in [9.17, 15) is 0 Å². The van der Waals surface area contributed by atoms with Crippen LogP contribution in [-0.2, 0) is 10.8 Å². The van der Waals surface area contributed by atoms with Crippen LogP contribution in [0.3, 0.4) is 0 Å². The van der Waals surface area contributed by atoms with Gasteiger partial charge in [0.25, 0.3) is 0 Å². The lowest BCUT2D eigenvalue weighted by molar-refractivity contribution is 0.483. The molecule has 2 aliphatic rings. The number of hydrogen-bond acceptors (Lipinski definition) is 4. The Morgan fingerprint density at radius 1 is 0.412 bits per heavy atom. The summed E-state index contributed by atoms with van der Waals surface area (Å²) in [5.41, 5.74) is 16.7. The van der Waals surface area contributed by atoms with Crippen LogP contribution in [0.1, 0.15) is 52.7 Å². The highest BCUT2D eigenvalue weighted by Crippen LogP contribution is 2.52. The maximum absolute atomic E-state index is 7.00. The van der Waals surface area contributed by atoms with Crippen molar-refractivity contribution in [3.8, 4) is 50.7 Å². The summed E-state index contributed by atoms with van der Waals surface area (Å²) in [6, 6.07) is 91.5. The van der Waals surface area contributed by atoms with E-state index in [2.05, 4.69) is 305 Å². The monoisotopic (exact) mass is 1050 g/mol. The topological polar surface area (TPSA) is 33.5 Å². The zero-order chi connectivity index (χ0) is 54.3. The number of benzene rings is 10. The lowest BCUT2D eigenvalue weighted by Gasteiger charge is -2.32. The van der Waals surface area contributed by atoms with Crippen LogP contribution in [0.5, 0.6) is 11.5 Å². The van der Waals surface area contributed by atoms with E-state index in [4.69, 9.17) is 9.72 Å². The van der Waals surface area contributed by atoms with E-state index in [1.807, 2.05) is 6.20 Å². The Hall–Kier alpha value is -9.23. The Balaban J connectivity index is 0.859. The van der Waals surface area contributed by atoms with Gasteiger partial charge in [-0.2, -0.15) is 0 Å². The minimum absolute atomic E-state index is 0.0355. The largest absolute Gasteiger partial charge is 0.457 e. The van der Waals surface area contributed by atoms with E-state index >= 15 is 0 Å².